The first-order valence-corrected chi connectivity index (χ1v) is 6.60. The maximum atomic E-state index is 12.1. The molecule has 3 heterocycles. The number of rotatable bonds is 3. The van der Waals surface area contributed by atoms with Crippen molar-refractivity contribution >= 4 is 5.91 Å². The summed E-state index contributed by atoms with van der Waals surface area (Å²) in [5, 5.41) is 7.68. The van der Waals surface area contributed by atoms with Crippen molar-refractivity contribution in [3.8, 4) is 5.88 Å². The molecule has 0 radical (unpaired) electrons. The van der Waals surface area contributed by atoms with Crippen LogP contribution in [-0.2, 0) is 0 Å². The van der Waals surface area contributed by atoms with Gasteiger partial charge in [0, 0.05) is 38.2 Å². The average molecular weight is 273 g/mol. The predicted octanol–water partition coefficient (Wildman–Crippen LogP) is 1.75. The molecule has 1 amide bonds. The highest BCUT2D eigenvalue weighted by Crippen LogP contribution is 2.18. The quantitative estimate of drug-likeness (QED) is 0.852. The summed E-state index contributed by atoms with van der Waals surface area (Å²) in [4.78, 5) is 13.9. The number of ether oxygens (including phenoxy) is 1. The van der Waals surface area contributed by atoms with Gasteiger partial charge < -0.3 is 14.1 Å². The summed E-state index contributed by atoms with van der Waals surface area (Å²) < 4.78 is 10.9. The Hall–Kier alpha value is -2.37. The van der Waals surface area contributed by atoms with Crippen molar-refractivity contribution in [1.29, 1.82) is 0 Å². The summed E-state index contributed by atoms with van der Waals surface area (Å²) in [6, 6.07) is 6.98. The van der Waals surface area contributed by atoms with Crippen molar-refractivity contribution in [2.24, 2.45) is 0 Å². The molecule has 0 atom stereocenters. The minimum absolute atomic E-state index is 0.0621. The van der Waals surface area contributed by atoms with Gasteiger partial charge >= 0.3 is 0 Å². The smallest absolute Gasteiger partial charge is 0.289 e. The SMILES string of the molecule is O=C(c1ccco1)N1CCC(Oc2cccnn2)CC1. The van der Waals surface area contributed by atoms with E-state index in [0.717, 1.165) is 12.8 Å². The van der Waals surface area contributed by atoms with Crippen LogP contribution in [0.2, 0.25) is 0 Å². The van der Waals surface area contributed by atoms with Crippen molar-refractivity contribution < 1.29 is 13.9 Å². The second-order valence-corrected chi connectivity index (χ2v) is 4.65. The van der Waals surface area contributed by atoms with E-state index in [0.29, 0.717) is 24.7 Å². The normalized spacial score (nSPS) is 16.1. The zero-order chi connectivity index (χ0) is 13.8. The Bertz CT molecular complexity index is 548. The lowest BCUT2D eigenvalue weighted by atomic mass is 10.1. The lowest BCUT2D eigenvalue weighted by molar-refractivity contribution is 0.0558. The molecule has 3 rings (SSSR count). The molecule has 0 N–H and O–H groups in total. The minimum Gasteiger partial charge on any atom is -0.473 e. The van der Waals surface area contributed by atoms with Crippen molar-refractivity contribution in [2.45, 2.75) is 18.9 Å². The zero-order valence-electron chi connectivity index (χ0n) is 10.9. The fourth-order valence-corrected chi connectivity index (χ4v) is 2.25. The second kappa shape index (κ2) is 5.73. The van der Waals surface area contributed by atoms with Crippen LogP contribution in [0, 0.1) is 0 Å². The molecule has 2 aromatic heterocycles. The average Bonchev–Trinajstić information content (AvgIpc) is 3.03. The number of furan rings is 1. The molecular formula is C14H15N3O3. The van der Waals surface area contributed by atoms with Gasteiger partial charge in [-0.05, 0) is 18.2 Å². The molecule has 6 heteroatoms. The number of aromatic nitrogens is 2. The van der Waals surface area contributed by atoms with Crippen LogP contribution < -0.4 is 4.74 Å². The molecule has 1 saturated heterocycles. The van der Waals surface area contributed by atoms with Gasteiger partial charge in [-0.3, -0.25) is 4.79 Å². The maximum absolute atomic E-state index is 12.1. The number of likely N-dealkylation sites (tertiary alicyclic amines) is 1. The highest BCUT2D eigenvalue weighted by Gasteiger charge is 2.26. The molecule has 1 aliphatic rings. The number of piperidine rings is 1. The summed E-state index contributed by atoms with van der Waals surface area (Å²) in [7, 11) is 0. The number of carbonyl (C=O) groups is 1. The van der Waals surface area contributed by atoms with E-state index in [9.17, 15) is 4.79 Å². The van der Waals surface area contributed by atoms with Crippen molar-refractivity contribution in [3.05, 3.63) is 42.5 Å². The van der Waals surface area contributed by atoms with Gasteiger partial charge in [0.15, 0.2) is 5.76 Å². The van der Waals surface area contributed by atoms with Gasteiger partial charge in [-0.25, -0.2) is 0 Å². The topological polar surface area (TPSA) is 68.5 Å². The lowest BCUT2D eigenvalue weighted by Gasteiger charge is -2.31. The van der Waals surface area contributed by atoms with E-state index in [1.165, 1.54) is 6.26 Å². The van der Waals surface area contributed by atoms with Gasteiger partial charge in [-0.1, -0.05) is 0 Å². The predicted molar refractivity (Wildman–Crippen MR) is 70.3 cm³/mol. The van der Waals surface area contributed by atoms with E-state index in [-0.39, 0.29) is 12.0 Å². The third-order valence-corrected chi connectivity index (χ3v) is 3.30. The molecule has 0 spiro atoms. The monoisotopic (exact) mass is 273 g/mol. The number of carbonyl (C=O) groups excluding carboxylic acids is 1. The van der Waals surface area contributed by atoms with E-state index in [2.05, 4.69) is 10.2 Å². The fourth-order valence-electron chi connectivity index (χ4n) is 2.25. The zero-order valence-corrected chi connectivity index (χ0v) is 10.9. The number of amides is 1. The summed E-state index contributed by atoms with van der Waals surface area (Å²) in [5.41, 5.74) is 0. The molecule has 0 aliphatic carbocycles. The molecule has 2 aromatic rings. The first-order valence-electron chi connectivity index (χ1n) is 6.60. The molecule has 6 nitrogen and oxygen atoms in total. The standard InChI is InChI=1S/C14H15N3O3/c18-14(12-3-2-10-19-12)17-8-5-11(6-9-17)20-13-4-1-7-15-16-13/h1-4,7,10-11H,5-6,8-9H2. The van der Waals surface area contributed by atoms with Crippen LogP contribution >= 0.6 is 0 Å². The van der Waals surface area contributed by atoms with Crippen LogP contribution in [0.5, 0.6) is 5.88 Å². The molecule has 20 heavy (non-hydrogen) atoms. The van der Waals surface area contributed by atoms with E-state index in [1.54, 1.807) is 35.4 Å². The van der Waals surface area contributed by atoms with Crippen molar-refractivity contribution in [2.75, 3.05) is 13.1 Å². The molecule has 0 saturated carbocycles. The van der Waals surface area contributed by atoms with Gasteiger partial charge in [-0.2, -0.15) is 5.10 Å². The second-order valence-electron chi connectivity index (χ2n) is 4.65. The van der Waals surface area contributed by atoms with Crippen molar-refractivity contribution in [3.63, 3.8) is 0 Å². The van der Waals surface area contributed by atoms with E-state index in [1.807, 2.05) is 0 Å². The molecule has 0 bridgehead atoms. The Morgan fingerprint density at radius 3 is 2.80 bits per heavy atom. The van der Waals surface area contributed by atoms with Gasteiger partial charge in [-0.15, -0.1) is 5.10 Å². The first kappa shape index (κ1) is 12.7. The number of hydrogen-bond acceptors (Lipinski definition) is 5. The largest absolute Gasteiger partial charge is 0.473 e. The minimum atomic E-state index is -0.0621. The van der Waals surface area contributed by atoms with Crippen LogP contribution in [-0.4, -0.2) is 40.2 Å². The highest BCUT2D eigenvalue weighted by molar-refractivity contribution is 5.91. The van der Waals surface area contributed by atoms with Crippen LogP contribution in [0.3, 0.4) is 0 Å². The molecule has 1 aliphatic heterocycles. The molecular weight excluding hydrogens is 258 g/mol. The van der Waals surface area contributed by atoms with Crippen LogP contribution in [0.15, 0.2) is 41.1 Å². The highest BCUT2D eigenvalue weighted by atomic mass is 16.5. The molecule has 104 valence electrons. The van der Waals surface area contributed by atoms with Crippen LogP contribution in [0.25, 0.3) is 0 Å². The number of nitrogens with zero attached hydrogens (tertiary/aromatic N) is 3. The van der Waals surface area contributed by atoms with Gasteiger partial charge in [0.2, 0.25) is 5.88 Å². The Morgan fingerprint density at radius 2 is 2.15 bits per heavy atom. The molecule has 1 fully saturated rings. The maximum Gasteiger partial charge on any atom is 0.289 e. The van der Waals surface area contributed by atoms with Gasteiger partial charge in [0.05, 0.1) is 6.26 Å². The van der Waals surface area contributed by atoms with Gasteiger partial charge in [0.25, 0.3) is 5.91 Å². The summed E-state index contributed by atoms with van der Waals surface area (Å²) in [6.07, 6.45) is 4.76. The third kappa shape index (κ3) is 2.79. The Balaban J connectivity index is 1.53. The first-order chi connectivity index (χ1) is 9.83. The van der Waals surface area contributed by atoms with E-state index in [4.69, 9.17) is 9.15 Å². The summed E-state index contributed by atoms with van der Waals surface area (Å²) in [6.45, 7) is 1.31. The van der Waals surface area contributed by atoms with Crippen LogP contribution in [0.4, 0.5) is 0 Å². The Labute approximate surface area is 116 Å². The number of hydrogen-bond donors (Lipinski definition) is 0. The molecule has 0 aromatic carbocycles. The Kier molecular flexibility index (Phi) is 3.62. The fraction of sp³-hybridized carbons (Fsp3) is 0.357. The lowest BCUT2D eigenvalue weighted by Crippen LogP contribution is -2.41. The molecule has 0 unspecified atom stereocenters. The van der Waals surface area contributed by atoms with E-state index < -0.39 is 0 Å². The third-order valence-electron chi connectivity index (χ3n) is 3.30. The summed E-state index contributed by atoms with van der Waals surface area (Å²) in [5.74, 6) is 0.856. The van der Waals surface area contributed by atoms with Crippen molar-refractivity contribution in [1.82, 2.24) is 15.1 Å². The van der Waals surface area contributed by atoms with E-state index >= 15 is 0 Å². The summed E-state index contributed by atoms with van der Waals surface area (Å²) >= 11 is 0. The van der Waals surface area contributed by atoms with Gasteiger partial charge in [0.1, 0.15) is 6.10 Å². The Morgan fingerprint density at radius 1 is 1.30 bits per heavy atom. The van der Waals surface area contributed by atoms with Crippen LogP contribution in [0.1, 0.15) is 23.4 Å².